The maximum Gasteiger partial charge on any atom is 0.222 e. The molecule has 48 heavy (non-hydrogen) atoms. The van der Waals surface area contributed by atoms with E-state index in [0.29, 0.717) is 6.42 Å². The van der Waals surface area contributed by atoms with E-state index in [2.05, 4.69) is 31.3 Å². The van der Waals surface area contributed by atoms with Gasteiger partial charge in [-0.2, -0.15) is 0 Å². The zero-order chi connectivity index (χ0) is 35.2. The first-order valence-electron chi connectivity index (χ1n) is 21.1. The van der Waals surface area contributed by atoms with E-state index in [0.717, 1.165) is 32.1 Å². The highest BCUT2D eigenvalue weighted by atomic mass is 16.3. The molecule has 0 spiro atoms. The molecule has 3 atom stereocenters. The Labute approximate surface area is 299 Å². The summed E-state index contributed by atoms with van der Waals surface area (Å²) < 4.78 is 0. The van der Waals surface area contributed by atoms with Crippen molar-refractivity contribution in [1.29, 1.82) is 0 Å². The second-order valence-electron chi connectivity index (χ2n) is 14.6. The van der Waals surface area contributed by atoms with Crippen molar-refractivity contribution in [3.8, 4) is 0 Å². The molecule has 0 heterocycles. The van der Waals surface area contributed by atoms with Crippen molar-refractivity contribution in [2.75, 3.05) is 6.61 Å². The topological polar surface area (TPSA) is 89.8 Å². The van der Waals surface area contributed by atoms with Gasteiger partial charge in [-0.3, -0.25) is 4.79 Å². The standard InChI is InChI=1S/C43H83NO4/c1-3-5-7-9-11-13-15-16-17-18-19-20-21-22-23-24-25-26-27-29-31-33-35-37-42(47)41(39-45)44-43(48)38-40(46)36-34-32-30-28-14-12-10-8-6-4-2/h27,29,35,37,40-42,45-47H,3-26,28,30-34,36,38-39H2,1-2H3,(H,44,48)/b29-27+,37-35+. The first kappa shape index (κ1) is 46.8. The minimum atomic E-state index is -0.947. The average Bonchev–Trinajstić information content (AvgIpc) is 3.08. The number of unbranched alkanes of at least 4 members (excludes halogenated alkanes) is 27. The maximum absolute atomic E-state index is 12.4. The molecule has 0 aliphatic rings. The maximum atomic E-state index is 12.4. The van der Waals surface area contributed by atoms with Gasteiger partial charge in [0, 0.05) is 0 Å². The van der Waals surface area contributed by atoms with E-state index in [-0.39, 0.29) is 18.9 Å². The highest BCUT2D eigenvalue weighted by Gasteiger charge is 2.20. The lowest BCUT2D eigenvalue weighted by molar-refractivity contribution is -0.124. The molecule has 5 nitrogen and oxygen atoms in total. The predicted octanol–water partition coefficient (Wildman–Crippen LogP) is 11.8. The Morgan fingerprint density at radius 3 is 1.33 bits per heavy atom. The molecule has 0 radical (unpaired) electrons. The number of allylic oxidation sites excluding steroid dienone is 3. The van der Waals surface area contributed by atoms with Crippen LogP contribution in [0.2, 0.25) is 0 Å². The summed E-state index contributed by atoms with van der Waals surface area (Å²) in [5, 5.41) is 33.1. The Balaban J connectivity index is 3.67. The lowest BCUT2D eigenvalue weighted by Crippen LogP contribution is -2.45. The van der Waals surface area contributed by atoms with E-state index in [9.17, 15) is 20.1 Å². The van der Waals surface area contributed by atoms with Crippen LogP contribution in [0.1, 0.15) is 219 Å². The van der Waals surface area contributed by atoms with Crippen LogP contribution in [0.5, 0.6) is 0 Å². The van der Waals surface area contributed by atoms with Crippen LogP contribution in [-0.4, -0.2) is 46.1 Å². The van der Waals surface area contributed by atoms with Gasteiger partial charge in [-0.25, -0.2) is 0 Å². The van der Waals surface area contributed by atoms with Gasteiger partial charge in [0.2, 0.25) is 5.91 Å². The summed E-state index contributed by atoms with van der Waals surface area (Å²) in [5.41, 5.74) is 0. The van der Waals surface area contributed by atoms with Gasteiger partial charge in [0.15, 0.2) is 0 Å². The number of aliphatic hydroxyl groups is 3. The Morgan fingerprint density at radius 1 is 0.521 bits per heavy atom. The second kappa shape index (κ2) is 38.6. The molecule has 284 valence electrons. The minimum absolute atomic E-state index is 0.00853. The highest BCUT2D eigenvalue weighted by molar-refractivity contribution is 5.76. The third-order valence-corrected chi connectivity index (χ3v) is 9.74. The van der Waals surface area contributed by atoms with Gasteiger partial charge in [-0.1, -0.05) is 205 Å². The van der Waals surface area contributed by atoms with Gasteiger partial charge in [0.05, 0.1) is 31.3 Å². The van der Waals surface area contributed by atoms with E-state index >= 15 is 0 Å². The summed E-state index contributed by atoms with van der Waals surface area (Å²) in [5.74, 6) is -0.326. The van der Waals surface area contributed by atoms with Crippen LogP contribution in [0.15, 0.2) is 24.3 Å². The number of hydrogen-bond acceptors (Lipinski definition) is 4. The third kappa shape index (κ3) is 34.7. The Morgan fingerprint density at radius 2 is 0.896 bits per heavy atom. The monoisotopic (exact) mass is 678 g/mol. The summed E-state index contributed by atoms with van der Waals surface area (Å²) in [6, 6.07) is -0.756. The van der Waals surface area contributed by atoms with Crippen molar-refractivity contribution in [1.82, 2.24) is 5.32 Å². The summed E-state index contributed by atoms with van der Waals surface area (Å²) in [6.07, 6.45) is 46.1. The van der Waals surface area contributed by atoms with Crippen molar-refractivity contribution in [2.24, 2.45) is 0 Å². The number of rotatable bonds is 38. The molecule has 0 rings (SSSR count). The third-order valence-electron chi connectivity index (χ3n) is 9.74. The number of carbonyl (C=O) groups excluding carboxylic acids is 1. The molecule has 0 aliphatic carbocycles. The van der Waals surface area contributed by atoms with Crippen LogP contribution < -0.4 is 5.32 Å². The Hall–Kier alpha value is -1.17. The first-order chi connectivity index (χ1) is 23.5. The Kier molecular flexibility index (Phi) is 37.7. The summed E-state index contributed by atoms with van der Waals surface area (Å²) in [7, 11) is 0. The van der Waals surface area contributed by atoms with Crippen LogP contribution in [0, 0.1) is 0 Å². The molecule has 0 aromatic heterocycles. The summed E-state index contributed by atoms with van der Waals surface area (Å²) in [6.45, 7) is 4.19. The zero-order valence-electron chi connectivity index (χ0n) is 32.1. The molecule has 3 unspecified atom stereocenters. The van der Waals surface area contributed by atoms with Crippen LogP contribution in [0.25, 0.3) is 0 Å². The lowest BCUT2D eigenvalue weighted by Gasteiger charge is -2.21. The molecular weight excluding hydrogens is 594 g/mol. The van der Waals surface area contributed by atoms with Crippen molar-refractivity contribution < 1.29 is 20.1 Å². The highest BCUT2D eigenvalue weighted by Crippen LogP contribution is 2.15. The molecule has 0 saturated carbocycles. The normalized spacial score (nSPS) is 13.9. The molecule has 0 aliphatic heterocycles. The molecule has 0 aromatic carbocycles. The summed E-state index contributed by atoms with van der Waals surface area (Å²) in [4.78, 5) is 12.4. The molecule has 4 N–H and O–H groups in total. The van der Waals surface area contributed by atoms with Gasteiger partial charge < -0.3 is 20.6 Å². The molecule has 0 fully saturated rings. The number of hydrogen-bond donors (Lipinski definition) is 4. The molecule has 0 aromatic rings. The molecule has 0 bridgehead atoms. The van der Waals surface area contributed by atoms with E-state index in [4.69, 9.17) is 0 Å². The molecule has 5 heteroatoms. The summed E-state index contributed by atoms with van der Waals surface area (Å²) >= 11 is 0. The second-order valence-corrected chi connectivity index (χ2v) is 14.6. The Bertz CT molecular complexity index is 709. The number of carbonyl (C=O) groups is 1. The van der Waals surface area contributed by atoms with Gasteiger partial charge in [0.25, 0.3) is 0 Å². The van der Waals surface area contributed by atoms with Crippen molar-refractivity contribution in [3.63, 3.8) is 0 Å². The van der Waals surface area contributed by atoms with E-state index in [1.54, 1.807) is 6.08 Å². The van der Waals surface area contributed by atoms with E-state index < -0.39 is 18.2 Å². The smallest absolute Gasteiger partial charge is 0.222 e. The quantitative estimate of drug-likeness (QED) is 0.0387. The van der Waals surface area contributed by atoms with Crippen molar-refractivity contribution in [3.05, 3.63) is 24.3 Å². The minimum Gasteiger partial charge on any atom is -0.394 e. The van der Waals surface area contributed by atoms with Crippen molar-refractivity contribution in [2.45, 2.75) is 238 Å². The molecular formula is C43H83NO4. The van der Waals surface area contributed by atoms with Crippen LogP contribution in [0.3, 0.4) is 0 Å². The number of aliphatic hydroxyl groups excluding tert-OH is 3. The fourth-order valence-electron chi connectivity index (χ4n) is 6.47. The van der Waals surface area contributed by atoms with Gasteiger partial charge in [0.1, 0.15) is 0 Å². The fraction of sp³-hybridized carbons (Fsp3) is 0.884. The van der Waals surface area contributed by atoms with Gasteiger partial charge >= 0.3 is 0 Å². The van der Waals surface area contributed by atoms with Gasteiger partial charge in [-0.15, -0.1) is 0 Å². The van der Waals surface area contributed by atoms with Crippen LogP contribution in [-0.2, 0) is 4.79 Å². The van der Waals surface area contributed by atoms with E-state index in [1.807, 2.05) is 6.08 Å². The molecule has 0 saturated heterocycles. The first-order valence-corrected chi connectivity index (χ1v) is 21.1. The predicted molar refractivity (Wildman–Crippen MR) is 208 cm³/mol. The number of amides is 1. The van der Waals surface area contributed by atoms with Crippen LogP contribution >= 0.6 is 0 Å². The zero-order valence-corrected chi connectivity index (χ0v) is 32.1. The fourth-order valence-corrected chi connectivity index (χ4v) is 6.47. The largest absolute Gasteiger partial charge is 0.394 e. The van der Waals surface area contributed by atoms with E-state index in [1.165, 1.54) is 161 Å². The SMILES string of the molecule is CCCCCCCCCCCCCCCCCCC/C=C/CC/C=C/C(O)C(CO)NC(=O)CC(O)CCCCCCCCCCCC. The van der Waals surface area contributed by atoms with Gasteiger partial charge in [-0.05, 0) is 32.1 Å². The lowest BCUT2D eigenvalue weighted by atomic mass is 10.0. The molecule has 1 amide bonds. The average molecular weight is 678 g/mol. The van der Waals surface area contributed by atoms with Crippen molar-refractivity contribution >= 4 is 5.91 Å². The van der Waals surface area contributed by atoms with Crippen LogP contribution in [0.4, 0.5) is 0 Å². The number of nitrogens with one attached hydrogen (secondary N) is 1.